The third-order valence-corrected chi connectivity index (χ3v) is 2.56. The summed E-state index contributed by atoms with van der Waals surface area (Å²) in [5.41, 5.74) is 5.84. The molecule has 0 aliphatic carbocycles. The van der Waals surface area contributed by atoms with Gasteiger partial charge in [0.15, 0.2) is 0 Å². The van der Waals surface area contributed by atoms with Gasteiger partial charge >= 0.3 is 0 Å². The fourth-order valence-electron chi connectivity index (χ4n) is 1.06. The second kappa shape index (κ2) is 5.35. The Bertz CT molecular complexity index is 368. The molecular formula is C10H10Cl2NO2. The normalized spacial score (nSPS) is 12.5. The highest BCUT2D eigenvalue weighted by molar-refractivity contribution is 6.42. The van der Waals surface area contributed by atoms with Crippen LogP contribution in [0, 0.1) is 6.42 Å². The van der Waals surface area contributed by atoms with Gasteiger partial charge in [0, 0.05) is 13.5 Å². The van der Waals surface area contributed by atoms with Crippen molar-refractivity contribution in [2.24, 2.45) is 5.73 Å². The van der Waals surface area contributed by atoms with Crippen LogP contribution in [0.25, 0.3) is 0 Å². The molecule has 0 saturated carbocycles. The van der Waals surface area contributed by atoms with Crippen molar-refractivity contribution in [3.8, 4) is 0 Å². The maximum Gasteiger partial charge on any atom is 0.247 e. The maximum absolute atomic E-state index is 10.9. The molecule has 1 aromatic carbocycles. The molecule has 0 saturated heterocycles. The van der Waals surface area contributed by atoms with Crippen molar-refractivity contribution in [1.29, 1.82) is 0 Å². The monoisotopic (exact) mass is 246 g/mol. The van der Waals surface area contributed by atoms with E-state index >= 15 is 0 Å². The van der Waals surface area contributed by atoms with E-state index in [0.717, 1.165) is 5.56 Å². The number of benzene rings is 1. The van der Waals surface area contributed by atoms with Crippen LogP contribution in [0.15, 0.2) is 18.2 Å². The van der Waals surface area contributed by atoms with E-state index in [1.807, 2.05) is 0 Å². The van der Waals surface area contributed by atoms with Gasteiger partial charge in [0.1, 0.15) is 6.10 Å². The third-order valence-electron chi connectivity index (χ3n) is 1.82. The molecular weight excluding hydrogens is 237 g/mol. The molecule has 0 unspecified atom stereocenters. The van der Waals surface area contributed by atoms with Gasteiger partial charge in [-0.05, 0) is 17.7 Å². The fourth-order valence-corrected chi connectivity index (χ4v) is 1.36. The molecule has 0 spiro atoms. The van der Waals surface area contributed by atoms with E-state index in [-0.39, 0.29) is 0 Å². The van der Waals surface area contributed by atoms with Crippen LogP contribution in [0.1, 0.15) is 5.56 Å². The summed E-state index contributed by atoms with van der Waals surface area (Å²) < 4.78 is 4.88. The molecule has 1 amide bonds. The zero-order valence-electron chi connectivity index (χ0n) is 8.04. The Morgan fingerprint density at radius 2 is 2.13 bits per heavy atom. The van der Waals surface area contributed by atoms with Crippen LogP contribution in [-0.4, -0.2) is 19.1 Å². The van der Waals surface area contributed by atoms with Crippen LogP contribution in [0.4, 0.5) is 0 Å². The lowest BCUT2D eigenvalue weighted by atomic mass is 10.1. The zero-order valence-corrected chi connectivity index (χ0v) is 9.55. The SMILES string of the molecule is CO[C@H]([CH]c1ccc(Cl)c(Cl)c1)C(N)=O. The molecule has 15 heavy (non-hydrogen) atoms. The summed E-state index contributed by atoms with van der Waals surface area (Å²) in [4.78, 5) is 10.9. The molecule has 1 aromatic rings. The first-order chi connectivity index (χ1) is 7.04. The third kappa shape index (κ3) is 3.38. The van der Waals surface area contributed by atoms with Crippen LogP contribution in [0.3, 0.4) is 0 Å². The quantitative estimate of drug-likeness (QED) is 0.885. The number of ether oxygens (including phenoxy) is 1. The van der Waals surface area contributed by atoms with Crippen LogP contribution in [0.5, 0.6) is 0 Å². The molecule has 2 N–H and O–H groups in total. The van der Waals surface area contributed by atoms with Crippen molar-refractivity contribution < 1.29 is 9.53 Å². The summed E-state index contributed by atoms with van der Waals surface area (Å²) in [6.45, 7) is 0. The van der Waals surface area contributed by atoms with Crippen molar-refractivity contribution in [3.63, 3.8) is 0 Å². The number of primary amides is 1. The molecule has 81 valence electrons. The van der Waals surface area contributed by atoms with E-state index in [2.05, 4.69) is 0 Å². The number of nitrogens with two attached hydrogens (primary N) is 1. The highest BCUT2D eigenvalue weighted by Gasteiger charge is 2.15. The molecule has 1 radical (unpaired) electrons. The summed E-state index contributed by atoms with van der Waals surface area (Å²) in [6.07, 6.45) is 0.812. The topological polar surface area (TPSA) is 52.3 Å². The van der Waals surface area contributed by atoms with E-state index in [4.69, 9.17) is 33.7 Å². The second-order valence-electron chi connectivity index (χ2n) is 2.90. The molecule has 1 rings (SSSR count). The summed E-state index contributed by atoms with van der Waals surface area (Å²) in [7, 11) is 1.41. The number of methoxy groups -OCH3 is 1. The van der Waals surface area contributed by atoms with Crippen molar-refractivity contribution in [3.05, 3.63) is 40.2 Å². The Labute approximate surface area is 98.1 Å². The van der Waals surface area contributed by atoms with Crippen LogP contribution < -0.4 is 5.73 Å². The molecule has 0 fully saturated rings. The molecule has 0 bridgehead atoms. The average Bonchev–Trinajstić information content (AvgIpc) is 2.19. The van der Waals surface area contributed by atoms with Gasteiger partial charge < -0.3 is 10.5 Å². The van der Waals surface area contributed by atoms with Crippen molar-refractivity contribution >= 4 is 29.1 Å². The minimum atomic E-state index is -0.762. The average molecular weight is 247 g/mol. The van der Waals surface area contributed by atoms with Gasteiger partial charge in [-0.2, -0.15) is 0 Å². The molecule has 5 heteroatoms. The highest BCUT2D eigenvalue weighted by atomic mass is 35.5. The van der Waals surface area contributed by atoms with Gasteiger partial charge in [-0.1, -0.05) is 29.3 Å². The van der Waals surface area contributed by atoms with Gasteiger partial charge in [0.2, 0.25) is 5.91 Å². The van der Waals surface area contributed by atoms with E-state index in [9.17, 15) is 4.79 Å². The number of amides is 1. The standard InChI is InChI=1S/C10H10Cl2NO2/c1-15-9(10(13)14)5-6-2-3-7(11)8(12)4-6/h2-5,9H,1H3,(H2,13,14)/t9-/m1/s1. The number of hydrogen-bond acceptors (Lipinski definition) is 2. The lowest BCUT2D eigenvalue weighted by Gasteiger charge is -2.11. The number of rotatable bonds is 4. The largest absolute Gasteiger partial charge is 0.371 e. The van der Waals surface area contributed by atoms with Gasteiger partial charge in [-0.25, -0.2) is 0 Å². The highest BCUT2D eigenvalue weighted by Crippen LogP contribution is 2.23. The first-order valence-electron chi connectivity index (χ1n) is 4.16. The molecule has 3 nitrogen and oxygen atoms in total. The zero-order chi connectivity index (χ0) is 11.4. The molecule has 0 heterocycles. The minimum Gasteiger partial charge on any atom is -0.371 e. The van der Waals surface area contributed by atoms with Gasteiger partial charge in [-0.3, -0.25) is 4.79 Å². The summed E-state index contributed by atoms with van der Waals surface area (Å²) in [5, 5.41) is 0.881. The Morgan fingerprint density at radius 3 is 2.60 bits per heavy atom. The van der Waals surface area contributed by atoms with Crippen molar-refractivity contribution in [1.82, 2.24) is 0 Å². The Morgan fingerprint density at radius 1 is 1.47 bits per heavy atom. The van der Waals surface area contributed by atoms with Crippen LogP contribution in [-0.2, 0) is 9.53 Å². The fraction of sp³-hybridized carbons (Fsp3) is 0.200. The molecule has 0 aliphatic rings. The van der Waals surface area contributed by atoms with E-state index < -0.39 is 12.0 Å². The summed E-state index contributed by atoms with van der Waals surface area (Å²) in [6, 6.07) is 5.01. The number of carbonyl (C=O) groups excluding carboxylic acids is 1. The smallest absolute Gasteiger partial charge is 0.247 e. The Hall–Kier alpha value is -0.770. The number of hydrogen-bond donors (Lipinski definition) is 1. The first kappa shape index (κ1) is 12.3. The summed E-state index contributed by atoms with van der Waals surface area (Å²) >= 11 is 11.6. The van der Waals surface area contributed by atoms with Crippen molar-refractivity contribution in [2.75, 3.05) is 7.11 Å². The van der Waals surface area contributed by atoms with E-state index in [1.54, 1.807) is 24.6 Å². The Balaban J connectivity index is 2.80. The van der Waals surface area contributed by atoms with Crippen LogP contribution >= 0.6 is 23.2 Å². The number of carbonyl (C=O) groups is 1. The lowest BCUT2D eigenvalue weighted by molar-refractivity contribution is -0.125. The molecule has 0 aliphatic heterocycles. The van der Waals surface area contributed by atoms with E-state index in [1.165, 1.54) is 7.11 Å². The predicted octanol–water partition coefficient (Wildman–Crippen LogP) is 2.05. The number of halogens is 2. The minimum absolute atomic E-state index is 0.421. The molecule has 0 aromatic heterocycles. The Kier molecular flexibility index (Phi) is 4.39. The maximum atomic E-state index is 10.9. The van der Waals surface area contributed by atoms with Gasteiger partial charge in [-0.15, -0.1) is 0 Å². The van der Waals surface area contributed by atoms with E-state index in [0.29, 0.717) is 10.0 Å². The van der Waals surface area contributed by atoms with Crippen molar-refractivity contribution in [2.45, 2.75) is 6.10 Å². The van der Waals surface area contributed by atoms with Crippen LogP contribution in [0.2, 0.25) is 10.0 Å². The summed E-state index contributed by atoms with van der Waals surface area (Å²) in [5.74, 6) is -0.552. The predicted molar refractivity (Wildman–Crippen MR) is 59.9 cm³/mol. The molecule has 1 atom stereocenters. The van der Waals surface area contributed by atoms with Gasteiger partial charge in [0.05, 0.1) is 10.0 Å². The second-order valence-corrected chi connectivity index (χ2v) is 3.71. The first-order valence-corrected chi connectivity index (χ1v) is 4.92. The van der Waals surface area contributed by atoms with Gasteiger partial charge in [0.25, 0.3) is 0 Å². The lowest BCUT2D eigenvalue weighted by Crippen LogP contribution is -2.30.